The maximum Gasteiger partial charge on any atom is 0.194 e. The van der Waals surface area contributed by atoms with Gasteiger partial charge in [-0.1, -0.05) is 0 Å². The van der Waals surface area contributed by atoms with Gasteiger partial charge in [-0.05, 0) is 6.92 Å². The van der Waals surface area contributed by atoms with Crippen molar-refractivity contribution < 1.29 is 0 Å². The fourth-order valence-corrected chi connectivity index (χ4v) is 2.32. The molecule has 1 aromatic heterocycles. The van der Waals surface area contributed by atoms with Gasteiger partial charge in [-0.3, -0.25) is 10.3 Å². The highest BCUT2D eigenvalue weighted by atomic mass is 15.4. The van der Waals surface area contributed by atoms with Crippen molar-refractivity contribution in [3.05, 3.63) is 17.7 Å². The number of rotatable bonds is 4. The summed E-state index contributed by atoms with van der Waals surface area (Å²) in [5.41, 5.74) is 9.54. The molecule has 1 saturated heterocycles. The molecule has 7 nitrogen and oxygen atoms in total. The molecular formula is C11H21N7. The molecule has 1 aliphatic heterocycles. The minimum Gasteiger partial charge on any atom is -0.381 e. The second kappa shape index (κ2) is 5.36. The van der Waals surface area contributed by atoms with Gasteiger partial charge >= 0.3 is 0 Å². The lowest BCUT2D eigenvalue weighted by Crippen LogP contribution is -2.48. The summed E-state index contributed by atoms with van der Waals surface area (Å²) in [7, 11) is 1.80. The number of hydrogen-bond donors (Lipinski definition) is 4. The monoisotopic (exact) mass is 251 g/mol. The average Bonchev–Trinajstić information content (AvgIpc) is 2.72. The summed E-state index contributed by atoms with van der Waals surface area (Å²) in [6.07, 6.45) is 1.78. The normalized spacial score (nSPS) is 20.9. The van der Waals surface area contributed by atoms with Gasteiger partial charge in [0.2, 0.25) is 0 Å². The molecular weight excluding hydrogens is 230 g/mol. The molecule has 1 fully saturated rings. The zero-order valence-electron chi connectivity index (χ0n) is 10.9. The number of piperazine rings is 1. The number of nitrogens with one attached hydrogen (secondary N) is 3. The number of nitrogens with two attached hydrogens (primary N) is 1. The third-order valence-corrected chi connectivity index (χ3v) is 3.14. The summed E-state index contributed by atoms with van der Waals surface area (Å²) >= 11 is 0. The van der Waals surface area contributed by atoms with Crippen LogP contribution in [0.5, 0.6) is 0 Å². The van der Waals surface area contributed by atoms with Gasteiger partial charge < -0.3 is 16.5 Å². The summed E-state index contributed by atoms with van der Waals surface area (Å²) in [5, 5.41) is 10.9. The van der Waals surface area contributed by atoms with Crippen LogP contribution in [-0.4, -0.2) is 53.1 Å². The van der Waals surface area contributed by atoms with E-state index in [-0.39, 0.29) is 5.84 Å². The van der Waals surface area contributed by atoms with Crippen molar-refractivity contribution >= 4 is 5.84 Å². The predicted molar refractivity (Wildman–Crippen MR) is 71.3 cm³/mol. The van der Waals surface area contributed by atoms with Crippen LogP contribution in [0, 0.1) is 5.41 Å². The topological polar surface area (TPSA) is 95.0 Å². The Bertz CT molecular complexity index is 425. The maximum atomic E-state index is 7.48. The van der Waals surface area contributed by atoms with Crippen LogP contribution < -0.4 is 16.5 Å². The molecule has 0 aliphatic carbocycles. The zero-order valence-corrected chi connectivity index (χ0v) is 10.9. The van der Waals surface area contributed by atoms with E-state index in [4.69, 9.17) is 11.1 Å². The third-order valence-electron chi connectivity index (χ3n) is 3.14. The number of nitrogens with zero attached hydrogens (tertiary/aromatic N) is 3. The summed E-state index contributed by atoms with van der Waals surface area (Å²) in [6.45, 7) is 6.04. The van der Waals surface area contributed by atoms with E-state index in [0.717, 1.165) is 31.9 Å². The van der Waals surface area contributed by atoms with Crippen LogP contribution in [0.4, 0.5) is 0 Å². The highest BCUT2D eigenvalue weighted by Gasteiger charge is 2.18. The molecule has 1 aromatic rings. The number of hydrogen-bond acceptors (Lipinski definition) is 5. The van der Waals surface area contributed by atoms with E-state index in [2.05, 4.69) is 27.6 Å². The average molecular weight is 251 g/mol. The van der Waals surface area contributed by atoms with Crippen LogP contribution in [-0.2, 0) is 6.54 Å². The SMILES string of the molecule is CNn1c(CN2CCN[C@@H](C)C2)cnc1C(=N)N. The van der Waals surface area contributed by atoms with Gasteiger partial charge in [-0.15, -0.1) is 0 Å². The van der Waals surface area contributed by atoms with E-state index >= 15 is 0 Å². The second-order valence-electron chi connectivity index (χ2n) is 4.64. The molecule has 0 aromatic carbocycles. The number of imidazole rings is 1. The Kier molecular flexibility index (Phi) is 3.83. The van der Waals surface area contributed by atoms with Crippen molar-refractivity contribution in [2.24, 2.45) is 5.73 Å². The molecule has 2 heterocycles. The van der Waals surface area contributed by atoms with E-state index < -0.39 is 0 Å². The molecule has 7 heteroatoms. The van der Waals surface area contributed by atoms with Gasteiger partial charge in [-0.25, -0.2) is 9.66 Å². The standard InChI is InChI=1S/C11H21N7/c1-8-6-17(4-3-15-8)7-9-5-16-11(10(12)13)18(9)14-2/h5,8,14-15H,3-4,6-7H2,1-2H3,(H3,12,13)/t8-/m0/s1. The smallest absolute Gasteiger partial charge is 0.194 e. The first-order valence-electron chi connectivity index (χ1n) is 6.16. The predicted octanol–water partition coefficient (Wildman–Crippen LogP) is -0.866. The van der Waals surface area contributed by atoms with Crippen molar-refractivity contribution in [1.82, 2.24) is 19.9 Å². The molecule has 0 spiro atoms. The van der Waals surface area contributed by atoms with Crippen molar-refractivity contribution in [3.8, 4) is 0 Å². The van der Waals surface area contributed by atoms with Crippen LogP contribution in [0.15, 0.2) is 6.20 Å². The van der Waals surface area contributed by atoms with Gasteiger partial charge in [-0.2, -0.15) is 0 Å². The number of amidine groups is 1. The van der Waals surface area contributed by atoms with Crippen molar-refractivity contribution in [3.63, 3.8) is 0 Å². The molecule has 0 bridgehead atoms. The largest absolute Gasteiger partial charge is 0.381 e. The summed E-state index contributed by atoms with van der Waals surface area (Å²) in [4.78, 5) is 6.55. The number of nitrogen functional groups attached to an aromatic ring is 1. The lowest BCUT2D eigenvalue weighted by Gasteiger charge is -2.31. The lowest BCUT2D eigenvalue weighted by atomic mass is 10.2. The summed E-state index contributed by atoms with van der Waals surface area (Å²) in [6, 6.07) is 0.511. The molecule has 1 aliphatic rings. The van der Waals surface area contributed by atoms with E-state index in [1.807, 2.05) is 0 Å². The van der Waals surface area contributed by atoms with Gasteiger partial charge in [0.1, 0.15) is 0 Å². The van der Waals surface area contributed by atoms with Crippen molar-refractivity contribution in [2.75, 3.05) is 32.1 Å². The minimum absolute atomic E-state index is 0.0238. The summed E-state index contributed by atoms with van der Waals surface area (Å²) in [5.74, 6) is 0.444. The minimum atomic E-state index is -0.0238. The van der Waals surface area contributed by atoms with Gasteiger partial charge in [0, 0.05) is 39.3 Å². The van der Waals surface area contributed by atoms with Gasteiger partial charge in [0.05, 0.1) is 11.9 Å². The molecule has 0 amide bonds. The first-order chi connectivity index (χ1) is 8.61. The van der Waals surface area contributed by atoms with Gasteiger partial charge in [0.25, 0.3) is 0 Å². The highest BCUT2D eigenvalue weighted by molar-refractivity contribution is 5.91. The molecule has 0 saturated carbocycles. The Balaban J connectivity index is 2.11. The lowest BCUT2D eigenvalue weighted by molar-refractivity contribution is 0.196. The quantitative estimate of drug-likeness (QED) is 0.412. The van der Waals surface area contributed by atoms with Crippen molar-refractivity contribution in [1.29, 1.82) is 5.41 Å². The third kappa shape index (κ3) is 2.62. The van der Waals surface area contributed by atoms with E-state index in [0.29, 0.717) is 11.9 Å². The van der Waals surface area contributed by atoms with E-state index in [1.54, 1.807) is 17.9 Å². The van der Waals surface area contributed by atoms with Crippen LogP contribution in [0.25, 0.3) is 0 Å². The first kappa shape index (κ1) is 12.8. The van der Waals surface area contributed by atoms with Crippen LogP contribution >= 0.6 is 0 Å². The van der Waals surface area contributed by atoms with Crippen LogP contribution in [0.3, 0.4) is 0 Å². The molecule has 1 atom stereocenters. The van der Waals surface area contributed by atoms with Crippen LogP contribution in [0.2, 0.25) is 0 Å². The van der Waals surface area contributed by atoms with Crippen molar-refractivity contribution in [2.45, 2.75) is 19.5 Å². The van der Waals surface area contributed by atoms with E-state index in [9.17, 15) is 0 Å². The fourth-order valence-electron chi connectivity index (χ4n) is 2.32. The summed E-state index contributed by atoms with van der Waals surface area (Å²) < 4.78 is 1.77. The molecule has 0 radical (unpaired) electrons. The first-order valence-corrected chi connectivity index (χ1v) is 6.16. The molecule has 5 N–H and O–H groups in total. The Hall–Kier alpha value is -1.60. The highest BCUT2D eigenvalue weighted by Crippen LogP contribution is 2.09. The Morgan fingerprint density at radius 1 is 1.72 bits per heavy atom. The van der Waals surface area contributed by atoms with E-state index in [1.165, 1.54) is 0 Å². The zero-order chi connectivity index (χ0) is 13.1. The van der Waals surface area contributed by atoms with Crippen LogP contribution in [0.1, 0.15) is 18.4 Å². The molecule has 2 rings (SSSR count). The maximum absolute atomic E-state index is 7.48. The van der Waals surface area contributed by atoms with Gasteiger partial charge in [0.15, 0.2) is 11.7 Å². The molecule has 18 heavy (non-hydrogen) atoms. The molecule has 0 unspecified atom stereocenters. The fraction of sp³-hybridized carbons (Fsp3) is 0.636. The Labute approximate surface area is 107 Å². The molecule has 100 valence electrons. The Morgan fingerprint density at radius 2 is 2.50 bits per heavy atom. The number of aromatic nitrogens is 2. The Morgan fingerprint density at radius 3 is 3.11 bits per heavy atom. The second-order valence-corrected chi connectivity index (χ2v) is 4.64.